The number of carbonyl (C=O) groups is 2. The predicted molar refractivity (Wildman–Crippen MR) is 93.7 cm³/mol. The van der Waals surface area contributed by atoms with Crippen molar-refractivity contribution in [3.8, 4) is 0 Å². The number of thiophene rings is 1. The summed E-state index contributed by atoms with van der Waals surface area (Å²) in [6.07, 6.45) is 1.76. The van der Waals surface area contributed by atoms with E-state index in [-0.39, 0.29) is 29.4 Å². The Morgan fingerprint density at radius 2 is 1.96 bits per heavy atom. The third-order valence-corrected chi connectivity index (χ3v) is 4.90. The van der Waals surface area contributed by atoms with Gasteiger partial charge in [0.25, 0.3) is 5.91 Å². The first-order chi connectivity index (χ1) is 10.8. The molecule has 0 bridgehead atoms. The van der Waals surface area contributed by atoms with Crippen molar-refractivity contribution in [3.63, 3.8) is 0 Å². The van der Waals surface area contributed by atoms with Gasteiger partial charge in [-0.1, -0.05) is 6.07 Å². The average Bonchev–Trinajstić information content (AvgIpc) is 3.00. The standard InChI is InChI=1S/C17H27N3O2S/c1-12(15(21)19-17(2,3)4)20-9-7-13(8-10-20)18-16(22)14-6-5-11-23-14/h5-6,11-13H,7-10H2,1-4H3,(H,18,22)(H,19,21)/t12-/m1/s1. The predicted octanol–water partition coefficient (Wildman–Crippen LogP) is 2.25. The Morgan fingerprint density at radius 1 is 1.30 bits per heavy atom. The van der Waals surface area contributed by atoms with Crippen molar-refractivity contribution in [2.45, 2.75) is 58.2 Å². The zero-order chi connectivity index (χ0) is 17.0. The fourth-order valence-corrected chi connectivity index (χ4v) is 3.36. The molecule has 1 aromatic heterocycles. The molecule has 1 fully saturated rings. The molecule has 2 heterocycles. The maximum Gasteiger partial charge on any atom is 0.261 e. The summed E-state index contributed by atoms with van der Waals surface area (Å²) in [5.41, 5.74) is -0.210. The number of rotatable bonds is 4. The average molecular weight is 337 g/mol. The third-order valence-electron chi connectivity index (χ3n) is 4.04. The summed E-state index contributed by atoms with van der Waals surface area (Å²) in [6, 6.07) is 3.79. The molecule has 0 unspecified atom stereocenters. The molecule has 2 amide bonds. The lowest BCUT2D eigenvalue weighted by Crippen LogP contribution is -2.54. The van der Waals surface area contributed by atoms with Gasteiger partial charge in [-0.15, -0.1) is 11.3 Å². The van der Waals surface area contributed by atoms with E-state index in [1.54, 1.807) is 0 Å². The first-order valence-electron chi connectivity index (χ1n) is 8.17. The van der Waals surface area contributed by atoms with Crippen LogP contribution in [0.1, 0.15) is 50.2 Å². The Bertz CT molecular complexity index is 529. The Morgan fingerprint density at radius 3 is 2.48 bits per heavy atom. The number of nitrogens with one attached hydrogen (secondary N) is 2. The third kappa shape index (κ3) is 5.32. The van der Waals surface area contributed by atoms with Gasteiger partial charge in [0.15, 0.2) is 0 Å². The molecule has 0 spiro atoms. The summed E-state index contributed by atoms with van der Waals surface area (Å²) in [6.45, 7) is 9.58. The van der Waals surface area contributed by atoms with Crippen LogP contribution in [0.3, 0.4) is 0 Å². The van der Waals surface area contributed by atoms with Crippen molar-refractivity contribution in [1.29, 1.82) is 0 Å². The van der Waals surface area contributed by atoms with Gasteiger partial charge >= 0.3 is 0 Å². The van der Waals surface area contributed by atoms with Crippen LogP contribution in [0.5, 0.6) is 0 Å². The quantitative estimate of drug-likeness (QED) is 0.886. The molecule has 1 aliphatic heterocycles. The lowest BCUT2D eigenvalue weighted by Gasteiger charge is -2.36. The summed E-state index contributed by atoms with van der Waals surface area (Å²) in [5.74, 6) is 0.0792. The van der Waals surface area contributed by atoms with E-state index in [9.17, 15) is 9.59 Å². The first kappa shape index (κ1) is 17.9. The summed E-state index contributed by atoms with van der Waals surface area (Å²) >= 11 is 1.46. The monoisotopic (exact) mass is 337 g/mol. The molecule has 1 aromatic rings. The summed E-state index contributed by atoms with van der Waals surface area (Å²) in [7, 11) is 0. The molecule has 0 radical (unpaired) electrons. The van der Waals surface area contributed by atoms with Crippen LogP contribution < -0.4 is 10.6 Å². The van der Waals surface area contributed by atoms with Crippen molar-refractivity contribution in [2.24, 2.45) is 0 Å². The van der Waals surface area contributed by atoms with Gasteiger partial charge < -0.3 is 10.6 Å². The molecular formula is C17H27N3O2S. The zero-order valence-electron chi connectivity index (χ0n) is 14.4. The van der Waals surface area contributed by atoms with Crippen LogP contribution in [0.2, 0.25) is 0 Å². The summed E-state index contributed by atoms with van der Waals surface area (Å²) in [5, 5.41) is 8.03. The van der Waals surface area contributed by atoms with Crippen LogP contribution in [0.15, 0.2) is 17.5 Å². The minimum absolute atomic E-state index is 0.0111. The van der Waals surface area contributed by atoms with Crippen LogP contribution >= 0.6 is 11.3 Å². The van der Waals surface area contributed by atoms with E-state index in [0.717, 1.165) is 30.8 Å². The first-order valence-corrected chi connectivity index (χ1v) is 9.04. The topological polar surface area (TPSA) is 61.4 Å². The van der Waals surface area contributed by atoms with Crippen LogP contribution in [-0.2, 0) is 4.79 Å². The molecule has 0 aliphatic carbocycles. The highest BCUT2D eigenvalue weighted by atomic mass is 32.1. The van der Waals surface area contributed by atoms with Crippen molar-refractivity contribution in [1.82, 2.24) is 15.5 Å². The highest BCUT2D eigenvalue weighted by Crippen LogP contribution is 2.16. The smallest absolute Gasteiger partial charge is 0.261 e. The summed E-state index contributed by atoms with van der Waals surface area (Å²) < 4.78 is 0. The van der Waals surface area contributed by atoms with Crippen LogP contribution in [0.25, 0.3) is 0 Å². The number of nitrogens with zero attached hydrogens (tertiary/aromatic N) is 1. The molecule has 128 valence electrons. The van der Waals surface area contributed by atoms with Crippen molar-refractivity contribution < 1.29 is 9.59 Å². The number of piperidine rings is 1. The van der Waals surface area contributed by atoms with E-state index in [1.807, 2.05) is 45.2 Å². The van der Waals surface area contributed by atoms with Gasteiger partial charge in [-0.3, -0.25) is 14.5 Å². The van der Waals surface area contributed by atoms with E-state index >= 15 is 0 Å². The normalized spacial score (nSPS) is 18.4. The van der Waals surface area contributed by atoms with Gasteiger partial charge in [-0.05, 0) is 52.0 Å². The fourth-order valence-electron chi connectivity index (χ4n) is 2.74. The molecule has 1 saturated heterocycles. The molecule has 5 nitrogen and oxygen atoms in total. The van der Waals surface area contributed by atoms with Crippen molar-refractivity contribution in [3.05, 3.63) is 22.4 Å². The largest absolute Gasteiger partial charge is 0.350 e. The lowest BCUT2D eigenvalue weighted by molar-refractivity contribution is -0.127. The molecular weight excluding hydrogens is 310 g/mol. The number of likely N-dealkylation sites (tertiary alicyclic amines) is 1. The Hall–Kier alpha value is -1.40. The Balaban J connectivity index is 1.79. The van der Waals surface area contributed by atoms with E-state index in [4.69, 9.17) is 0 Å². The fraction of sp³-hybridized carbons (Fsp3) is 0.647. The molecule has 6 heteroatoms. The molecule has 23 heavy (non-hydrogen) atoms. The van der Waals surface area contributed by atoms with Gasteiger partial charge in [0.2, 0.25) is 5.91 Å². The number of carbonyl (C=O) groups excluding carboxylic acids is 2. The van der Waals surface area contributed by atoms with Crippen molar-refractivity contribution >= 4 is 23.2 Å². The van der Waals surface area contributed by atoms with E-state index in [0.29, 0.717) is 0 Å². The molecule has 2 N–H and O–H groups in total. The van der Waals surface area contributed by atoms with Gasteiger partial charge in [0.05, 0.1) is 10.9 Å². The van der Waals surface area contributed by atoms with E-state index < -0.39 is 0 Å². The maximum absolute atomic E-state index is 12.3. The van der Waals surface area contributed by atoms with Gasteiger partial charge in [-0.2, -0.15) is 0 Å². The van der Waals surface area contributed by atoms with Crippen LogP contribution in [0, 0.1) is 0 Å². The number of hydrogen-bond donors (Lipinski definition) is 2. The molecule has 0 aromatic carbocycles. The molecule has 2 rings (SSSR count). The molecule has 1 aliphatic rings. The Kier molecular flexibility index (Phi) is 5.81. The zero-order valence-corrected chi connectivity index (χ0v) is 15.2. The second-order valence-corrected chi connectivity index (χ2v) is 8.12. The minimum atomic E-state index is -0.210. The number of hydrogen-bond acceptors (Lipinski definition) is 4. The van der Waals surface area contributed by atoms with Gasteiger partial charge in [0.1, 0.15) is 0 Å². The summed E-state index contributed by atoms with van der Waals surface area (Å²) in [4.78, 5) is 27.3. The highest BCUT2D eigenvalue weighted by Gasteiger charge is 2.29. The van der Waals surface area contributed by atoms with Gasteiger partial charge in [0, 0.05) is 24.7 Å². The highest BCUT2D eigenvalue weighted by molar-refractivity contribution is 7.12. The van der Waals surface area contributed by atoms with E-state index in [1.165, 1.54) is 11.3 Å². The number of amides is 2. The second-order valence-electron chi connectivity index (χ2n) is 7.18. The Labute approximate surface area is 142 Å². The molecule has 1 atom stereocenters. The second kappa shape index (κ2) is 7.45. The SMILES string of the molecule is C[C@H](C(=O)NC(C)(C)C)N1CCC(NC(=O)c2cccs2)CC1. The van der Waals surface area contributed by atoms with Crippen LogP contribution in [-0.4, -0.2) is 47.4 Å². The van der Waals surface area contributed by atoms with Gasteiger partial charge in [-0.25, -0.2) is 0 Å². The minimum Gasteiger partial charge on any atom is -0.350 e. The molecule has 0 saturated carbocycles. The van der Waals surface area contributed by atoms with Crippen molar-refractivity contribution in [2.75, 3.05) is 13.1 Å². The van der Waals surface area contributed by atoms with Crippen LogP contribution in [0.4, 0.5) is 0 Å². The maximum atomic E-state index is 12.3. The van der Waals surface area contributed by atoms with E-state index in [2.05, 4.69) is 15.5 Å². The lowest BCUT2D eigenvalue weighted by atomic mass is 10.0.